The van der Waals surface area contributed by atoms with Gasteiger partial charge in [-0.15, -0.1) is 0 Å². The second kappa shape index (κ2) is 13.2. The molecule has 11 rings (SSSR count). The Balaban J connectivity index is 1.23. The maximum Gasteiger partial charge on any atom is 0.0468 e. The Morgan fingerprint density at radius 1 is 0.161 bits per heavy atom. The molecule has 0 spiro atoms. The summed E-state index contributed by atoms with van der Waals surface area (Å²) in [5.74, 6) is 0. The first-order chi connectivity index (χ1) is 27.8. The Morgan fingerprint density at radius 2 is 0.393 bits per heavy atom. The lowest BCUT2D eigenvalue weighted by Crippen LogP contribution is -2.09. The summed E-state index contributed by atoms with van der Waals surface area (Å²) in [5, 5.41) is 15.1. The number of rotatable bonds is 6. The van der Waals surface area contributed by atoms with Crippen molar-refractivity contribution in [2.24, 2.45) is 0 Å². The van der Waals surface area contributed by atoms with Crippen LogP contribution < -0.4 is 9.80 Å². The van der Waals surface area contributed by atoms with Gasteiger partial charge in [-0.3, -0.25) is 0 Å². The van der Waals surface area contributed by atoms with Crippen molar-refractivity contribution >= 4 is 98.8 Å². The quantitative estimate of drug-likeness (QED) is 0.125. The molecule has 0 aliphatic carbocycles. The Morgan fingerprint density at radius 3 is 0.714 bits per heavy atom. The molecule has 0 aliphatic rings. The summed E-state index contributed by atoms with van der Waals surface area (Å²) in [5.41, 5.74) is 6.76. The molecule has 11 aromatic rings. The van der Waals surface area contributed by atoms with Crippen molar-refractivity contribution in [3.05, 3.63) is 218 Å². The molecule has 0 saturated carbocycles. The van der Waals surface area contributed by atoms with Crippen LogP contribution in [0.15, 0.2) is 218 Å². The van der Waals surface area contributed by atoms with Crippen LogP contribution in [-0.2, 0) is 0 Å². The lowest BCUT2D eigenvalue weighted by molar-refractivity contribution is 1.29. The van der Waals surface area contributed by atoms with Gasteiger partial charge in [-0.2, -0.15) is 0 Å². The zero-order valence-electron chi connectivity index (χ0n) is 30.7. The molecule has 0 radical (unpaired) electrons. The van der Waals surface area contributed by atoms with Crippen LogP contribution >= 0.6 is 0 Å². The molecule has 56 heavy (non-hydrogen) atoms. The van der Waals surface area contributed by atoms with Crippen LogP contribution in [0, 0.1) is 0 Å². The zero-order valence-corrected chi connectivity index (χ0v) is 30.7. The van der Waals surface area contributed by atoms with E-state index in [1.807, 2.05) is 0 Å². The largest absolute Gasteiger partial charge is 0.310 e. The number of benzene rings is 11. The number of fused-ring (bicyclic) bond motifs is 12. The Hall–Kier alpha value is -7.42. The van der Waals surface area contributed by atoms with Crippen molar-refractivity contribution in [1.82, 2.24) is 0 Å². The summed E-state index contributed by atoms with van der Waals surface area (Å²) in [6.45, 7) is 0. The zero-order chi connectivity index (χ0) is 37.0. The first kappa shape index (κ1) is 32.0. The molecule has 0 aliphatic heterocycles. The molecule has 2 nitrogen and oxygen atoms in total. The molecular weight excluding hydrogens is 677 g/mol. The van der Waals surface area contributed by atoms with Crippen LogP contribution in [0.2, 0.25) is 0 Å². The van der Waals surface area contributed by atoms with Gasteiger partial charge in [-0.1, -0.05) is 133 Å². The summed E-state index contributed by atoms with van der Waals surface area (Å²) in [7, 11) is 0. The molecule has 0 aromatic heterocycles. The topological polar surface area (TPSA) is 6.48 Å². The van der Waals surface area contributed by atoms with Crippen LogP contribution in [-0.4, -0.2) is 0 Å². The predicted molar refractivity (Wildman–Crippen MR) is 241 cm³/mol. The fourth-order valence-corrected chi connectivity index (χ4v) is 8.86. The van der Waals surface area contributed by atoms with Gasteiger partial charge in [0.15, 0.2) is 0 Å². The van der Waals surface area contributed by atoms with Crippen molar-refractivity contribution in [3.63, 3.8) is 0 Å². The standard InChI is InChI=1S/C54H36N2/c1-5-17-37(18-6-1)55(38-19-7-2-8-20-38)41-29-31-47-43-25-13-15-27-45(43)51-36-54-50-34-42(56(39-21-9-3-10-22-39)40-23-11-4-12-24-40)30-32-48(50)44-26-14-16-28-46(44)52(54)35-53(51)49(47)33-41/h1-36H. The lowest BCUT2D eigenvalue weighted by atomic mass is 9.88. The molecule has 0 fully saturated rings. The molecule has 0 N–H and O–H groups in total. The summed E-state index contributed by atoms with van der Waals surface area (Å²) in [6.07, 6.45) is 0. The van der Waals surface area contributed by atoms with E-state index >= 15 is 0 Å². The lowest BCUT2D eigenvalue weighted by Gasteiger charge is -2.26. The highest BCUT2D eigenvalue weighted by Gasteiger charge is 2.19. The molecule has 2 heteroatoms. The van der Waals surface area contributed by atoms with Gasteiger partial charge in [0.25, 0.3) is 0 Å². The molecule has 0 unspecified atom stereocenters. The van der Waals surface area contributed by atoms with Crippen LogP contribution in [0.4, 0.5) is 34.1 Å². The van der Waals surface area contributed by atoms with Crippen molar-refractivity contribution in [1.29, 1.82) is 0 Å². The van der Waals surface area contributed by atoms with E-state index < -0.39 is 0 Å². The minimum absolute atomic E-state index is 1.13. The van der Waals surface area contributed by atoms with E-state index in [1.165, 1.54) is 64.6 Å². The van der Waals surface area contributed by atoms with Crippen LogP contribution in [0.25, 0.3) is 64.6 Å². The fourth-order valence-electron chi connectivity index (χ4n) is 8.86. The van der Waals surface area contributed by atoms with Gasteiger partial charge in [0.05, 0.1) is 0 Å². The highest BCUT2D eigenvalue weighted by molar-refractivity contribution is 6.33. The third-order valence-electron chi connectivity index (χ3n) is 11.3. The SMILES string of the molecule is c1ccc(N(c2ccccc2)c2ccc3c4ccccc4c4cc5c6cc(N(c7ccccc7)c7ccccc7)ccc6c6ccccc6c5cc4c3c2)cc1. The third-order valence-corrected chi connectivity index (χ3v) is 11.3. The van der Waals surface area contributed by atoms with Crippen molar-refractivity contribution in [3.8, 4) is 0 Å². The van der Waals surface area contributed by atoms with Gasteiger partial charge >= 0.3 is 0 Å². The van der Waals surface area contributed by atoms with Gasteiger partial charge in [-0.05, 0) is 150 Å². The molecule has 0 heterocycles. The Kier molecular flexibility index (Phi) is 7.53. The minimum Gasteiger partial charge on any atom is -0.310 e. The van der Waals surface area contributed by atoms with E-state index in [4.69, 9.17) is 0 Å². The van der Waals surface area contributed by atoms with E-state index in [2.05, 4.69) is 228 Å². The highest BCUT2D eigenvalue weighted by Crippen LogP contribution is 2.45. The van der Waals surface area contributed by atoms with Gasteiger partial charge in [0.1, 0.15) is 0 Å². The second-order valence-corrected chi connectivity index (χ2v) is 14.5. The van der Waals surface area contributed by atoms with Crippen molar-refractivity contribution in [2.45, 2.75) is 0 Å². The minimum atomic E-state index is 1.13. The smallest absolute Gasteiger partial charge is 0.0468 e. The summed E-state index contributed by atoms with van der Waals surface area (Å²) in [6, 6.07) is 79.5. The molecule has 0 bridgehead atoms. The van der Waals surface area contributed by atoms with E-state index in [-0.39, 0.29) is 0 Å². The molecule has 0 saturated heterocycles. The normalized spacial score (nSPS) is 11.6. The molecule has 262 valence electrons. The monoisotopic (exact) mass is 712 g/mol. The van der Waals surface area contributed by atoms with E-state index in [9.17, 15) is 0 Å². The molecular formula is C54H36N2. The van der Waals surface area contributed by atoms with Crippen molar-refractivity contribution in [2.75, 3.05) is 9.80 Å². The molecule has 0 amide bonds. The Labute approximate surface area is 325 Å². The van der Waals surface area contributed by atoms with Gasteiger partial charge < -0.3 is 9.80 Å². The number of hydrogen-bond donors (Lipinski definition) is 0. The first-order valence-electron chi connectivity index (χ1n) is 19.3. The van der Waals surface area contributed by atoms with E-state index in [0.29, 0.717) is 0 Å². The van der Waals surface area contributed by atoms with Gasteiger partial charge in [0.2, 0.25) is 0 Å². The fraction of sp³-hybridized carbons (Fsp3) is 0. The van der Waals surface area contributed by atoms with E-state index in [0.717, 1.165) is 34.1 Å². The van der Waals surface area contributed by atoms with E-state index in [1.54, 1.807) is 0 Å². The summed E-state index contributed by atoms with van der Waals surface area (Å²) in [4.78, 5) is 4.72. The maximum atomic E-state index is 2.47. The number of nitrogens with zero attached hydrogens (tertiary/aromatic N) is 2. The maximum absolute atomic E-state index is 2.47. The number of para-hydroxylation sites is 4. The van der Waals surface area contributed by atoms with Crippen LogP contribution in [0.5, 0.6) is 0 Å². The third kappa shape index (κ3) is 5.19. The highest BCUT2D eigenvalue weighted by atomic mass is 15.1. The molecule has 11 aromatic carbocycles. The van der Waals surface area contributed by atoms with Crippen LogP contribution in [0.3, 0.4) is 0 Å². The predicted octanol–water partition coefficient (Wildman–Crippen LogP) is 15.5. The van der Waals surface area contributed by atoms with Gasteiger partial charge in [-0.25, -0.2) is 0 Å². The van der Waals surface area contributed by atoms with Gasteiger partial charge in [0, 0.05) is 34.1 Å². The average molecular weight is 713 g/mol. The number of hydrogen-bond acceptors (Lipinski definition) is 2. The average Bonchev–Trinajstić information content (AvgIpc) is 3.28. The summed E-state index contributed by atoms with van der Waals surface area (Å²) < 4.78 is 0. The Bertz CT molecular complexity index is 2930. The second-order valence-electron chi connectivity index (χ2n) is 14.5. The first-order valence-corrected chi connectivity index (χ1v) is 19.3. The van der Waals surface area contributed by atoms with Crippen LogP contribution in [0.1, 0.15) is 0 Å². The number of anilines is 6. The molecule has 0 atom stereocenters. The summed E-state index contributed by atoms with van der Waals surface area (Å²) >= 11 is 0. The van der Waals surface area contributed by atoms with Crippen molar-refractivity contribution < 1.29 is 0 Å².